The van der Waals surface area contributed by atoms with Crippen LogP contribution >= 0.6 is 11.8 Å². The van der Waals surface area contributed by atoms with Crippen molar-refractivity contribution in [1.29, 1.82) is 0 Å². The molecule has 2 unspecified atom stereocenters. The monoisotopic (exact) mass is 307 g/mol. The summed E-state index contributed by atoms with van der Waals surface area (Å²) in [6.45, 7) is 3.98. The number of rotatable bonds is 8. The summed E-state index contributed by atoms with van der Waals surface area (Å²) in [7, 11) is 0. The van der Waals surface area contributed by atoms with Gasteiger partial charge in [0.25, 0.3) is 0 Å². The third-order valence-electron chi connectivity index (χ3n) is 3.42. The van der Waals surface area contributed by atoms with Gasteiger partial charge in [-0.15, -0.1) is 11.8 Å². The van der Waals surface area contributed by atoms with Crippen molar-refractivity contribution in [2.75, 3.05) is 19.8 Å². The number of benzene rings is 1. The molecule has 114 valence electrons. The van der Waals surface area contributed by atoms with Crippen molar-refractivity contribution in [3.8, 4) is 0 Å². The van der Waals surface area contributed by atoms with Crippen LogP contribution in [0.3, 0.4) is 0 Å². The summed E-state index contributed by atoms with van der Waals surface area (Å²) in [6, 6.07) is 9.98. The van der Waals surface area contributed by atoms with E-state index >= 15 is 0 Å². The fourth-order valence-electron chi connectivity index (χ4n) is 2.42. The molecule has 1 aliphatic heterocycles. The lowest BCUT2D eigenvalue weighted by atomic mass is 10.2. The zero-order chi connectivity index (χ0) is 15.1. The second-order valence-corrected chi connectivity index (χ2v) is 6.16. The Labute approximate surface area is 129 Å². The maximum atomic E-state index is 12.4. The number of carbonyl (C=O) groups is 2. The maximum absolute atomic E-state index is 12.4. The van der Waals surface area contributed by atoms with Gasteiger partial charge in [0.05, 0.1) is 5.25 Å². The van der Waals surface area contributed by atoms with E-state index in [1.54, 1.807) is 11.8 Å². The number of aldehydes is 1. The van der Waals surface area contributed by atoms with Gasteiger partial charge in [-0.25, -0.2) is 0 Å². The fourth-order valence-corrected chi connectivity index (χ4v) is 3.84. The van der Waals surface area contributed by atoms with E-state index in [1.165, 1.54) is 0 Å². The molecule has 2 rings (SSSR count). The van der Waals surface area contributed by atoms with E-state index in [4.69, 9.17) is 4.74 Å². The van der Waals surface area contributed by atoms with Crippen molar-refractivity contribution in [3.63, 3.8) is 0 Å². The first-order valence-corrected chi connectivity index (χ1v) is 8.24. The van der Waals surface area contributed by atoms with Crippen molar-refractivity contribution in [2.45, 2.75) is 30.4 Å². The molecule has 1 saturated heterocycles. The van der Waals surface area contributed by atoms with Crippen LogP contribution in [-0.2, 0) is 14.3 Å². The van der Waals surface area contributed by atoms with Gasteiger partial charge in [0.2, 0.25) is 5.91 Å². The molecule has 0 N–H and O–H groups in total. The standard InChI is InChI=1S/C16H21NO3S/c1-2-20-12-6-10-17-15(19)14(9-11-18)21-16(17)13-7-4-3-5-8-13/h3-5,7-8,11,14,16H,2,6,9-10,12H2,1H3. The van der Waals surface area contributed by atoms with Crippen LogP contribution in [-0.4, -0.2) is 42.1 Å². The summed E-state index contributed by atoms with van der Waals surface area (Å²) in [6.07, 6.45) is 1.94. The van der Waals surface area contributed by atoms with Crippen LogP contribution in [0.15, 0.2) is 30.3 Å². The summed E-state index contributed by atoms with van der Waals surface area (Å²) >= 11 is 1.57. The minimum atomic E-state index is -0.250. The Morgan fingerprint density at radius 3 is 2.76 bits per heavy atom. The molecule has 0 aromatic heterocycles. The second-order valence-electron chi connectivity index (χ2n) is 4.87. The smallest absolute Gasteiger partial charge is 0.237 e. The predicted octanol–water partition coefficient (Wildman–Crippen LogP) is 2.64. The predicted molar refractivity (Wildman–Crippen MR) is 84.1 cm³/mol. The topological polar surface area (TPSA) is 46.6 Å². The van der Waals surface area contributed by atoms with Crippen molar-refractivity contribution >= 4 is 24.0 Å². The molecule has 0 bridgehead atoms. The van der Waals surface area contributed by atoms with Crippen LogP contribution < -0.4 is 0 Å². The van der Waals surface area contributed by atoms with Gasteiger partial charge in [-0.2, -0.15) is 0 Å². The lowest BCUT2D eigenvalue weighted by Crippen LogP contribution is -2.32. The number of nitrogens with zero attached hydrogens (tertiary/aromatic N) is 1. The summed E-state index contributed by atoms with van der Waals surface area (Å²) in [4.78, 5) is 25.1. The number of ether oxygens (including phenoxy) is 1. The van der Waals surface area contributed by atoms with Gasteiger partial charge in [0, 0.05) is 26.2 Å². The summed E-state index contributed by atoms with van der Waals surface area (Å²) in [5.41, 5.74) is 1.11. The first kappa shape index (κ1) is 16.0. The molecular formula is C16H21NO3S. The lowest BCUT2D eigenvalue weighted by Gasteiger charge is -2.24. The van der Waals surface area contributed by atoms with E-state index in [2.05, 4.69) is 0 Å². The molecule has 1 heterocycles. The Morgan fingerprint density at radius 1 is 1.33 bits per heavy atom. The van der Waals surface area contributed by atoms with E-state index in [0.717, 1.165) is 18.3 Å². The van der Waals surface area contributed by atoms with Crippen LogP contribution in [0.5, 0.6) is 0 Å². The first-order chi connectivity index (χ1) is 10.3. The van der Waals surface area contributed by atoms with E-state index < -0.39 is 0 Å². The average molecular weight is 307 g/mol. The number of thioether (sulfide) groups is 1. The van der Waals surface area contributed by atoms with Crippen LogP contribution in [0, 0.1) is 0 Å². The van der Waals surface area contributed by atoms with Gasteiger partial charge in [0.1, 0.15) is 11.7 Å². The first-order valence-electron chi connectivity index (χ1n) is 7.30. The van der Waals surface area contributed by atoms with Gasteiger partial charge < -0.3 is 14.4 Å². The molecule has 0 spiro atoms. The highest BCUT2D eigenvalue weighted by Gasteiger charge is 2.40. The third kappa shape index (κ3) is 4.08. The molecule has 4 nitrogen and oxygen atoms in total. The number of hydrogen-bond donors (Lipinski definition) is 0. The Hall–Kier alpha value is -1.33. The zero-order valence-electron chi connectivity index (χ0n) is 12.2. The molecule has 1 aromatic carbocycles. The zero-order valence-corrected chi connectivity index (χ0v) is 13.1. The average Bonchev–Trinajstić information content (AvgIpc) is 2.82. The Balaban J connectivity index is 2.07. The molecule has 1 aliphatic rings. The third-order valence-corrected chi connectivity index (χ3v) is 4.93. The normalized spacial score (nSPS) is 21.8. The van der Waals surface area contributed by atoms with Crippen LogP contribution in [0.2, 0.25) is 0 Å². The minimum absolute atomic E-state index is 0.00489. The van der Waals surface area contributed by atoms with Crippen LogP contribution in [0.25, 0.3) is 0 Å². The van der Waals surface area contributed by atoms with Gasteiger partial charge in [-0.3, -0.25) is 4.79 Å². The quantitative estimate of drug-likeness (QED) is 0.547. The van der Waals surface area contributed by atoms with E-state index in [0.29, 0.717) is 19.8 Å². The fraction of sp³-hybridized carbons (Fsp3) is 0.500. The molecule has 1 fully saturated rings. The highest BCUT2D eigenvalue weighted by atomic mass is 32.2. The largest absolute Gasteiger partial charge is 0.382 e. The van der Waals surface area contributed by atoms with Crippen LogP contribution in [0.1, 0.15) is 30.7 Å². The number of hydrogen-bond acceptors (Lipinski definition) is 4. The van der Waals surface area contributed by atoms with E-state index in [-0.39, 0.29) is 23.0 Å². The highest BCUT2D eigenvalue weighted by molar-refractivity contribution is 8.01. The number of amides is 1. The Morgan fingerprint density at radius 2 is 2.10 bits per heavy atom. The van der Waals surface area contributed by atoms with Crippen molar-refractivity contribution < 1.29 is 14.3 Å². The highest BCUT2D eigenvalue weighted by Crippen LogP contribution is 2.43. The second kappa shape index (κ2) is 8.20. The Kier molecular flexibility index (Phi) is 6.26. The molecule has 5 heteroatoms. The van der Waals surface area contributed by atoms with Crippen molar-refractivity contribution in [1.82, 2.24) is 4.90 Å². The Bertz CT molecular complexity index is 466. The van der Waals surface area contributed by atoms with Gasteiger partial charge in [0.15, 0.2) is 0 Å². The molecule has 0 radical (unpaired) electrons. The SMILES string of the molecule is CCOCCCN1C(=O)C(CC=O)SC1c1ccccc1. The minimum Gasteiger partial charge on any atom is -0.382 e. The van der Waals surface area contributed by atoms with Gasteiger partial charge in [-0.05, 0) is 18.9 Å². The van der Waals surface area contributed by atoms with Crippen molar-refractivity contribution in [3.05, 3.63) is 35.9 Å². The molecule has 1 amide bonds. The summed E-state index contributed by atoms with van der Waals surface area (Å²) < 4.78 is 5.34. The molecule has 2 atom stereocenters. The maximum Gasteiger partial charge on any atom is 0.237 e. The lowest BCUT2D eigenvalue weighted by molar-refractivity contribution is -0.131. The summed E-state index contributed by atoms with van der Waals surface area (Å²) in [5, 5.41) is -0.245. The van der Waals surface area contributed by atoms with Crippen molar-refractivity contribution in [2.24, 2.45) is 0 Å². The number of carbonyl (C=O) groups excluding carboxylic acids is 2. The molecule has 21 heavy (non-hydrogen) atoms. The van der Waals surface area contributed by atoms with E-state index in [9.17, 15) is 9.59 Å². The van der Waals surface area contributed by atoms with E-state index in [1.807, 2.05) is 42.2 Å². The molecular weight excluding hydrogens is 286 g/mol. The van der Waals surface area contributed by atoms with Crippen LogP contribution in [0.4, 0.5) is 0 Å². The molecule has 1 aromatic rings. The summed E-state index contributed by atoms with van der Waals surface area (Å²) in [5.74, 6) is 0.0671. The van der Waals surface area contributed by atoms with Gasteiger partial charge in [-0.1, -0.05) is 30.3 Å². The van der Waals surface area contributed by atoms with Gasteiger partial charge >= 0.3 is 0 Å². The molecule has 0 saturated carbocycles. The molecule has 0 aliphatic carbocycles.